The molecule has 0 saturated heterocycles. The van der Waals surface area contributed by atoms with Crippen molar-refractivity contribution in [2.24, 2.45) is 0 Å². The number of aromatic nitrogens is 1. The van der Waals surface area contributed by atoms with E-state index in [1.807, 2.05) is 0 Å². The molecule has 0 aliphatic heterocycles. The summed E-state index contributed by atoms with van der Waals surface area (Å²) < 4.78 is 5.69. The second-order valence-corrected chi connectivity index (χ2v) is 4.43. The maximum atomic E-state index is 10.9. The zero-order valence-corrected chi connectivity index (χ0v) is 9.91. The summed E-state index contributed by atoms with van der Waals surface area (Å²) in [5, 5.41) is 11.5. The third-order valence-electron chi connectivity index (χ3n) is 3.11. The van der Waals surface area contributed by atoms with Gasteiger partial charge in [0.2, 0.25) is 0 Å². The molecule has 0 atom stereocenters. The monoisotopic (exact) mass is 258 g/mol. The summed E-state index contributed by atoms with van der Waals surface area (Å²) in [6.45, 7) is 0. The van der Waals surface area contributed by atoms with Crippen LogP contribution in [0.5, 0.6) is 5.75 Å². The minimum Gasteiger partial charge on any atom is -0.489 e. The molecule has 1 aromatic carbocycles. The number of fused-ring (bicyclic) bond motifs is 1. The summed E-state index contributed by atoms with van der Waals surface area (Å²) in [6.07, 6.45) is 2.18. The van der Waals surface area contributed by atoms with E-state index in [0.717, 1.165) is 0 Å². The van der Waals surface area contributed by atoms with Crippen LogP contribution in [0.2, 0.25) is 0 Å². The molecule has 1 heterocycles. The minimum atomic E-state index is -0.466. The van der Waals surface area contributed by atoms with E-state index in [2.05, 4.69) is 4.98 Å². The number of carbonyl (C=O) groups excluding carboxylic acids is 1. The van der Waals surface area contributed by atoms with Gasteiger partial charge in [0.15, 0.2) is 5.52 Å². The lowest BCUT2D eigenvalue weighted by Crippen LogP contribution is -2.33. The molecule has 1 aromatic heterocycles. The molecule has 2 aromatic rings. The second kappa shape index (κ2) is 4.31. The standard InChI is InChI=1S/C13H10N2O4/c16-8-6-9(7-8)19-12-4-3-11(15(17)18)13-10(12)2-1-5-14-13/h1-5,9H,6-7H2. The van der Waals surface area contributed by atoms with Crippen LogP contribution in [0.25, 0.3) is 10.9 Å². The summed E-state index contributed by atoms with van der Waals surface area (Å²) >= 11 is 0. The first-order valence-electron chi connectivity index (χ1n) is 5.85. The average Bonchev–Trinajstić information content (AvgIpc) is 2.36. The molecular weight excluding hydrogens is 248 g/mol. The largest absolute Gasteiger partial charge is 0.489 e. The van der Waals surface area contributed by atoms with Gasteiger partial charge < -0.3 is 4.74 Å². The van der Waals surface area contributed by atoms with Crippen LogP contribution < -0.4 is 4.74 Å². The number of nitrogens with zero attached hydrogens (tertiary/aromatic N) is 2. The van der Waals surface area contributed by atoms with Crippen LogP contribution in [0.15, 0.2) is 30.5 Å². The van der Waals surface area contributed by atoms with Gasteiger partial charge in [-0.3, -0.25) is 14.9 Å². The Hall–Kier alpha value is -2.50. The van der Waals surface area contributed by atoms with Crippen molar-refractivity contribution >= 4 is 22.4 Å². The molecule has 0 spiro atoms. The van der Waals surface area contributed by atoms with Crippen molar-refractivity contribution in [3.63, 3.8) is 0 Å². The zero-order chi connectivity index (χ0) is 13.4. The SMILES string of the molecule is O=C1CC(Oc2ccc([N+](=O)[O-])c3ncccc23)C1. The van der Waals surface area contributed by atoms with Crippen molar-refractivity contribution in [2.45, 2.75) is 18.9 Å². The topological polar surface area (TPSA) is 82.3 Å². The van der Waals surface area contributed by atoms with E-state index >= 15 is 0 Å². The van der Waals surface area contributed by atoms with Gasteiger partial charge in [-0.15, -0.1) is 0 Å². The molecular formula is C13H10N2O4. The van der Waals surface area contributed by atoms with Crippen LogP contribution in [-0.4, -0.2) is 21.8 Å². The van der Waals surface area contributed by atoms with E-state index in [1.165, 1.54) is 12.3 Å². The van der Waals surface area contributed by atoms with Gasteiger partial charge in [0.05, 0.1) is 4.92 Å². The Labute approximate surface area is 108 Å². The van der Waals surface area contributed by atoms with Crippen molar-refractivity contribution in [2.75, 3.05) is 0 Å². The molecule has 6 heteroatoms. The number of Topliss-reactive ketones (excluding diaryl/α,β-unsaturated/α-hetero) is 1. The number of ketones is 1. The molecule has 0 N–H and O–H groups in total. The fourth-order valence-corrected chi connectivity index (χ4v) is 2.09. The van der Waals surface area contributed by atoms with Crippen LogP contribution in [0, 0.1) is 10.1 Å². The molecule has 19 heavy (non-hydrogen) atoms. The molecule has 3 rings (SSSR count). The van der Waals surface area contributed by atoms with Gasteiger partial charge >= 0.3 is 0 Å². The first kappa shape index (κ1) is 11.6. The maximum Gasteiger partial charge on any atom is 0.295 e. The van der Waals surface area contributed by atoms with Gasteiger partial charge in [-0.1, -0.05) is 0 Å². The van der Waals surface area contributed by atoms with Crippen molar-refractivity contribution in [3.05, 3.63) is 40.6 Å². The number of carbonyl (C=O) groups is 1. The Morgan fingerprint density at radius 1 is 1.32 bits per heavy atom. The fourth-order valence-electron chi connectivity index (χ4n) is 2.09. The lowest BCUT2D eigenvalue weighted by molar-refractivity contribution is -0.383. The Bertz CT molecular complexity index is 675. The van der Waals surface area contributed by atoms with Gasteiger partial charge in [0.1, 0.15) is 17.6 Å². The number of ether oxygens (including phenoxy) is 1. The van der Waals surface area contributed by atoms with E-state index in [4.69, 9.17) is 4.74 Å². The highest BCUT2D eigenvalue weighted by Gasteiger charge is 2.29. The molecule has 0 amide bonds. The predicted octanol–water partition coefficient (Wildman–Crippen LogP) is 2.25. The summed E-state index contributed by atoms with van der Waals surface area (Å²) in [5.41, 5.74) is 0.253. The number of hydrogen-bond acceptors (Lipinski definition) is 5. The second-order valence-electron chi connectivity index (χ2n) is 4.43. The van der Waals surface area contributed by atoms with Gasteiger partial charge in [-0.25, -0.2) is 4.98 Å². The molecule has 96 valence electrons. The smallest absolute Gasteiger partial charge is 0.295 e. The molecule has 0 bridgehead atoms. The third kappa shape index (κ3) is 2.01. The summed E-state index contributed by atoms with van der Waals surface area (Å²) in [7, 11) is 0. The third-order valence-corrected chi connectivity index (χ3v) is 3.11. The lowest BCUT2D eigenvalue weighted by Gasteiger charge is -2.25. The van der Waals surface area contributed by atoms with E-state index in [9.17, 15) is 14.9 Å². The van der Waals surface area contributed by atoms with Crippen molar-refractivity contribution < 1.29 is 14.5 Å². The van der Waals surface area contributed by atoms with Gasteiger partial charge in [0, 0.05) is 30.5 Å². The van der Waals surface area contributed by atoms with Crippen molar-refractivity contribution in [1.82, 2.24) is 4.98 Å². The average molecular weight is 258 g/mol. The molecule has 0 unspecified atom stereocenters. The van der Waals surface area contributed by atoms with Gasteiger partial charge in [-0.2, -0.15) is 0 Å². The van der Waals surface area contributed by atoms with E-state index in [0.29, 0.717) is 29.5 Å². The molecule has 1 aliphatic rings. The quantitative estimate of drug-likeness (QED) is 0.622. The number of nitro benzene ring substituents is 1. The maximum absolute atomic E-state index is 10.9. The highest BCUT2D eigenvalue weighted by atomic mass is 16.6. The number of hydrogen-bond donors (Lipinski definition) is 0. The molecule has 6 nitrogen and oxygen atoms in total. The summed E-state index contributed by atoms with van der Waals surface area (Å²) in [5.74, 6) is 0.709. The number of rotatable bonds is 3. The van der Waals surface area contributed by atoms with Gasteiger partial charge in [-0.05, 0) is 18.2 Å². The highest BCUT2D eigenvalue weighted by Crippen LogP contribution is 2.33. The van der Waals surface area contributed by atoms with Crippen LogP contribution in [0.1, 0.15) is 12.8 Å². The number of non-ortho nitro benzene ring substituents is 1. The van der Waals surface area contributed by atoms with E-state index in [-0.39, 0.29) is 17.6 Å². The summed E-state index contributed by atoms with van der Waals surface area (Å²) in [6, 6.07) is 6.37. The summed E-state index contributed by atoms with van der Waals surface area (Å²) in [4.78, 5) is 25.4. The minimum absolute atomic E-state index is 0.0485. The Balaban J connectivity index is 2.03. The Morgan fingerprint density at radius 2 is 2.11 bits per heavy atom. The first-order chi connectivity index (χ1) is 9.15. The van der Waals surface area contributed by atoms with Crippen LogP contribution in [0.4, 0.5) is 5.69 Å². The fraction of sp³-hybridized carbons (Fsp3) is 0.231. The predicted molar refractivity (Wildman–Crippen MR) is 67.1 cm³/mol. The van der Waals surface area contributed by atoms with E-state index in [1.54, 1.807) is 18.2 Å². The zero-order valence-electron chi connectivity index (χ0n) is 9.91. The van der Waals surface area contributed by atoms with Crippen LogP contribution >= 0.6 is 0 Å². The molecule has 0 radical (unpaired) electrons. The highest BCUT2D eigenvalue weighted by molar-refractivity contribution is 5.92. The van der Waals surface area contributed by atoms with Crippen LogP contribution in [-0.2, 0) is 4.79 Å². The molecule has 1 fully saturated rings. The van der Waals surface area contributed by atoms with Crippen molar-refractivity contribution in [3.8, 4) is 5.75 Å². The number of pyridine rings is 1. The number of nitro groups is 1. The Morgan fingerprint density at radius 3 is 2.79 bits per heavy atom. The number of benzene rings is 1. The lowest BCUT2D eigenvalue weighted by atomic mass is 9.94. The van der Waals surface area contributed by atoms with E-state index < -0.39 is 4.92 Å². The molecule has 1 saturated carbocycles. The first-order valence-corrected chi connectivity index (χ1v) is 5.85. The molecule has 1 aliphatic carbocycles. The van der Waals surface area contributed by atoms with Gasteiger partial charge in [0.25, 0.3) is 5.69 Å². The van der Waals surface area contributed by atoms with Crippen LogP contribution in [0.3, 0.4) is 0 Å². The Kier molecular flexibility index (Phi) is 2.63. The van der Waals surface area contributed by atoms with Crippen molar-refractivity contribution in [1.29, 1.82) is 0 Å². The normalized spacial score (nSPS) is 15.3.